The van der Waals surface area contributed by atoms with Gasteiger partial charge in [-0.2, -0.15) is 0 Å². The van der Waals surface area contributed by atoms with Gasteiger partial charge in [-0.3, -0.25) is 0 Å². The zero-order valence-electron chi connectivity index (χ0n) is 10.9. The summed E-state index contributed by atoms with van der Waals surface area (Å²) >= 11 is 6.02. The van der Waals surface area contributed by atoms with Crippen molar-refractivity contribution in [3.05, 3.63) is 70.7 Å². The van der Waals surface area contributed by atoms with Gasteiger partial charge in [-0.05, 0) is 30.2 Å². The topological polar surface area (TPSA) is 32.3 Å². The zero-order chi connectivity index (χ0) is 13.7. The predicted octanol–water partition coefficient (Wildman–Crippen LogP) is 3.34. The van der Waals surface area contributed by atoms with Crippen LogP contribution in [0.2, 0.25) is 5.02 Å². The average molecular weight is 276 g/mol. The second-order valence-electron chi connectivity index (χ2n) is 4.84. The third-order valence-corrected chi connectivity index (χ3v) is 3.54. The Balaban J connectivity index is 2.14. The van der Waals surface area contributed by atoms with Crippen LogP contribution in [0.15, 0.2) is 54.6 Å². The number of benzene rings is 2. The number of aliphatic hydroxyl groups excluding tert-OH is 1. The summed E-state index contributed by atoms with van der Waals surface area (Å²) in [7, 11) is 0. The predicted molar refractivity (Wildman–Crippen MR) is 79.2 cm³/mol. The van der Waals surface area contributed by atoms with Gasteiger partial charge in [0.05, 0.1) is 12.1 Å². The number of hydrogen-bond acceptors (Lipinski definition) is 2. The van der Waals surface area contributed by atoms with E-state index >= 15 is 0 Å². The van der Waals surface area contributed by atoms with Gasteiger partial charge in [-0.15, -0.1) is 0 Å². The van der Waals surface area contributed by atoms with Crippen molar-refractivity contribution in [1.29, 1.82) is 0 Å². The molecule has 0 aliphatic rings. The summed E-state index contributed by atoms with van der Waals surface area (Å²) in [5.41, 5.74) is 1.67. The van der Waals surface area contributed by atoms with E-state index in [9.17, 15) is 5.11 Å². The summed E-state index contributed by atoms with van der Waals surface area (Å²) in [4.78, 5) is 0. The lowest BCUT2D eigenvalue weighted by atomic mass is 9.92. The van der Waals surface area contributed by atoms with Crippen molar-refractivity contribution in [2.75, 3.05) is 6.61 Å². The summed E-state index contributed by atoms with van der Waals surface area (Å²) in [5.74, 6) is 0. The lowest BCUT2D eigenvalue weighted by molar-refractivity contribution is 0.173. The van der Waals surface area contributed by atoms with E-state index < -0.39 is 5.54 Å². The maximum absolute atomic E-state index is 9.70. The van der Waals surface area contributed by atoms with Crippen molar-refractivity contribution in [2.24, 2.45) is 0 Å². The normalized spacial score (nSPS) is 14.1. The van der Waals surface area contributed by atoms with E-state index in [-0.39, 0.29) is 6.61 Å². The first kappa shape index (κ1) is 14.1. The molecule has 19 heavy (non-hydrogen) atoms. The van der Waals surface area contributed by atoms with Crippen LogP contribution in [-0.4, -0.2) is 11.7 Å². The standard InChI is InChI=1S/C16H18ClNO/c1-16(12-19,14-8-5-9-15(17)10-14)18-11-13-6-3-2-4-7-13/h2-10,18-19H,11-12H2,1H3. The monoisotopic (exact) mass is 275 g/mol. The van der Waals surface area contributed by atoms with Crippen molar-refractivity contribution < 1.29 is 5.11 Å². The Morgan fingerprint density at radius 1 is 1.11 bits per heavy atom. The van der Waals surface area contributed by atoms with Crippen LogP contribution in [0.5, 0.6) is 0 Å². The minimum absolute atomic E-state index is 0.0141. The van der Waals surface area contributed by atoms with E-state index in [0.717, 1.165) is 5.56 Å². The number of rotatable bonds is 5. The Kier molecular flexibility index (Phi) is 4.59. The molecule has 0 aliphatic heterocycles. The average Bonchev–Trinajstić information content (AvgIpc) is 2.46. The molecule has 100 valence electrons. The Hall–Kier alpha value is -1.35. The van der Waals surface area contributed by atoms with Gasteiger partial charge >= 0.3 is 0 Å². The molecule has 0 bridgehead atoms. The van der Waals surface area contributed by atoms with Crippen LogP contribution in [0, 0.1) is 0 Å². The zero-order valence-corrected chi connectivity index (χ0v) is 11.7. The quantitative estimate of drug-likeness (QED) is 0.877. The fourth-order valence-corrected chi connectivity index (χ4v) is 2.16. The fourth-order valence-electron chi connectivity index (χ4n) is 1.97. The molecule has 2 aromatic rings. The van der Waals surface area contributed by atoms with Gasteiger partial charge in [0, 0.05) is 11.6 Å². The number of hydrogen-bond donors (Lipinski definition) is 2. The first-order valence-corrected chi connectivity index (χ1v) is 6.68. The van der Waals surface area contributed by atoms with Crippen LogP contribution in [0.3, 0.4) is 0 Å². The molecule has 0 aromatic heterocycles. The highest BCUT2D eigenvalue weighted by Crippen LogP contribution is 2.23. The van der Waals surface area contributed by atoms with Crippen LogP contribution >= 0.6 is 11.6 Å². The number of halogens is 1. The molecular formula is C16H18ClNO. The van der Waals surface area contributed by atoms with Crippen LogP contribution in [0.25, 0.3) is 0 Å². The molecule has 0 amide bonds. The molecule has 1 atom stereocenters. The second kappa shape index (κ2) is 6.20. The van der Waals surface area contributed by atoms with Gasteiger partial charge < -0.3 is 10.4 Å². The minimum Gasteiger partial charge on any atom is -0.394 e. The summed E-state index contributed by atoms with van der Waals surface area (Å²) in [6, 6.07) is 17.7. The van der Waals surface area contributed by atoms with E-state index in [4.69, 9.17) is 11.6 Å². The Morgan fingerprint density at radius 2 is 1.84 bits per heavy atom. The van der Waals surface area contributed by atoms with Gasteiger partial charge in [-0.25, -0.2) is 0 Å². The maximum Gasteiger partial charge on any atom is 0.0652 e. The Morgan fingerprint density at radius 3 is 2.47 bits per heavy atom. The summed E-state index contributed by atoms with van der Waals surface area (Å²) in [5, 5.41) is 13.8. The molecule has 0 saturated heterocycles. The van der Waals surface area contributed by atoms with Crippen LogP contribution in [-0.2, 0) is 12.1 Å². The van der Waals surface area contributed by atoms with Gasteiger partial charge in [-0.1, -0.05) is 54.1 Å². The van der Waals surface area contributed by atoms with Gasteiger partial charge in [0.15, 0.2) is 0 Å². The highest BCUT2D eigenvalue weighted by Gasteiger charge is 2.25. The van der Waals surface area contributed by atoms with Crippen molar-refractivity contribution in [2.45, 2.75) is 19.0 Å². The van der Waals surface area contributed by atoms with Crippen molar-refractivity contribution in [1.82, 2.24) is 5.32 Å². The SMILES string of the molecule is CC(CO)(NCc1ccccc1)c1cccc(Cl)c1. The highest BCUT2D eigenvalue weighted by molar-refractivity contribution is 6.30. The Labute approximate surface area is 119 Å². The first-order valence-electron chi connectivity index (χ1n) is 6.30. The minimum atomic E-state index is -0.499. The van der Waals surface area contributed by atoms with E-state index in [1.165, 1.54) is 5.56 Å². The molecule has 0 spiro atoms. The fraction of sp³-hybridized carbons (Fsp3) is 0.250. The number of nitrogens with one attached hydrogen (secondary N) is 1. The van der Waals surface area contributed by atoms with Crippen molar-refractivity contribution in [3.63, 3.8) is 0 Å². The molecule has 2 rings (SSSR count). The third-order valence-electron chi connectivity index (χ3n) is 3.30. The molecule has 0 radical (unpaired) electrons. The molecule has 0 heterocycles. The van der Waals surface area contributed by atoms with Gasteiger partial charge in [0.25, 0.3) is 0 Å². The molecule has 2 nitrogen and oxygen atoms in total. The lowest BCUT2D eigenvalue weighted by Crippen LogP contribution is -2.42. The number of aliphatic hydroxyl groups is 1. The Bertz CT molecular complexity index is 529. The van der Waals surface area contributed by atoms with Crippen LogP contribution < -0.4 is 5.32 Å². The highest BCUT2D eigenvalue weighted by atomic mass is 35.5. The van der Waals surface area contributed by atoms with E-state index in [0.29, 0.717) is 11.6 Å². The van der Waals surface area contributed by atoms with E-state index in [2.05, 4.69) is 17.4 Å². The maximum atomic E-state index is 9.70. The van der Waals surface area contributed by atoms with E-state index in [1.807, 2.05) is 49.4 Å². The second-order valence-corrected chi connectivity index (χ2v) is 5.28. The van der Waals surface area contributed by atoms with Crippen molar-refractivity contribution >= 4 is 11.6 Å². The molecule has 0 saturated carbocycles. The van der Waals surface area contributed by atoms with E-state index in [1.54, 1.807) is 0 Å². The molecular weight excluding hydrogens is 258 g/mol. The molecule has 0 aliphatic carbocycles. The van der Waals surface area contributed by atoms with Gasteiger partial charge in [0.1, 0.15) is 0 Å². The third kappa shape index (κ3) is 3.57. The van der Waals surface area contributed by atoms with Gasteiger partial charge in [0.2, 0.25) is 0 Å². The summed E-state index contributed by atoms with van der Waals surface area (Å²) < 4.78 is 0. The first-order chi connectivity index (χ1) is 9.14. The molecule has 1 unspecified atom stereocenters. The smallest absolute Gasteiger partial charge is 0.0652 e. The summed E-state index contributed by atoms with van der Waals surface area (Å²) in [6.07, 6.45) is 0. The molecule has 2 N–H and O–H groups in total. The van der Waals surface area contributed by atoms with Crippen molar-refractivity contribution in [3.8, 4) is 0 Å². The van der Waals surface area contributed by atoms with Crippen LogP contribution in [0.4, 0.5) is 0 Å². The van der Waals surface area contributed by atoms with Crippen LogP contribution in [0.1, 0.15) is 18.1 Å². The lowest BCUT2D eigenvalue weighted by Gasteiger charge is -2.29. The molecule has 3 heteroatoms. The largest absolute Gasteiger partial charge is 0.394 e. The molecule has 0 fully saturated rings. The summed E-state index contributed by atoms with van der Waals surface area (Å²) in [6.45, 7) is 2.69. The molecule has 2 aromatic carbocycles.